The van der Waals surface area contributed by atoms with Gasteiger partial charge >= 0.3 is 0 Å². The number of nitrogens with zero attached hydrogens (tertiary/aromatic N) is 3. The van der Waals surface area contributed by atoms with E-state index in [2.05, 4.69) is 25.6 Å². The fourth-order valence-corrected chi connectivity index (χ4v) is 3.40. The molecule has 0 bridgehead atoms. The zero-order chi connectivity index (χ0) is 18.6. The van der Waals surface area contributed by atoms with E-state index >= 15 is 0 Å². The van der Waals surface area contributed by atoms with Gasteiger partial charge in [-0.3, -0.25) is 4.98 Å². The number of benzene rings is 1. The third kappa shape index (κ3) is 3.83. The Balaban J connectivity index is 1.69. The highest BCUT2D eigenvalue weighted by molar-refractivity contribution is 5.88. The summed E-state index contributed by atoms with van der Waals surface area (Å²) in [6.45, 7) is 2.86. The summed E-state index contributed by atoms with van der Waals surface area (Å²) in [4.78, 5) is 13.5. The van der Waals surface area contributed by atoms with Crippen LogP contribution in [0.3, 0.4) is 0 Å². The number of hydrogen-bond acceptors (Lipinski definition) is 6. The van der Waals surface area contributed by atoms with Crippen molar-refractivity contribution < 1.29 is 9.13 Å². The SMILES string of the molecule is COc1ccc(-c2cc3nccnc3c(NC[C@H]3CCCNC3)n2)c(F)c1. The molecule has 6 nitrogen and oxygen atoms in total. The van der Waals surface area contributed by atoms with Crippen molar-refractivity contribution in [1.82, 2.24) is 20.3 Å². The maximum atomic E-state index is 14.5. The Hall–Kier alpha value is -2.80. The number of nitrogens with one attached hydrogen (secondary N) is 2. The summed E-state index contributed by atoms with van der Waals surface area (Å²) < 4.78 is 19.6. The molecule has 2 aromatic heterocycles. The third-order valence-electron chi connectivity index (χ3n) is 4.87. The summed E-state index contributed by atoms with van der Waals surface area (Å²) in [6, 6.07) is 6.52. The molecule has 2 N–H and O–H groups in total. The number of methoxy groups -OCH3 is 1. The monoisotopic (exact) mass is 367 g/mol. The van der Waals surface area contributed by atoms with Gasteiger partial charge in [0.2, 0.25) is 0 Å². The second kappa shape index (κ2) is 7.84. The van der Waals surface area contributed by atoms with Crippen LogP contribution in [0.2, 0.25) is 0 Å². The van der Waals surface area contributed by atoms with Crippen LogP contribution >= 0.6 is 0 Å². The first-order valence-corrected chi connectivity index (χ1v) is 9.15. The summed E-state index contributed by atoms with van der Waals surface area (Å²) in [5.41, 5.74) is 2.30. The normalized spacial score (nSPS) is 17.0. The van der Waals surface area contributed by atoms with E-state index in [-0.39, 0.29) is 5.82 Å². The average Bonchev–Trinajstić information content (AvgIpc) is 2.72. The predicted octanol–water partition coefficient (Wildman–Crippen LogP) is 3.25. The molecule has 1 fully saturated rings. The topological polar surface area (TPSA) is 72.0 Å². The molecule has 3 aromatic rings. The van der Waals surface area contributed by atoms with Crippen molar-refractivity contribution in [3.05, 3.63) is 42.5 Å². The van der Waals surface area contributed by atoms with Crippen LogP contribution in [-0.4, -0.2) is 41.7 Å². The Labute approximate surface area is 157 Å². The van der Waals surface area contributed by atoms with Gasteiger partial charge in [0.25, 0.3) is 0 Å². The second-order valence-corrected chi connectivity index (χ2v) is 6.72. The number of rotatable bonds is 5. The van der Waals surface area contributed by atoms with E-state index in [0.29, 0.717) is 39.8 Å². The Bertz CT molecular complexity index is 943. The maximum Gasteiger partial charge on any atom is 0.154 e. The molecule has 0 aliphatic carbocycles. The van der Waals surface area contributed by atoms with Crippen LogP contribution < -0.4 is 15.4 Å². The van der Waals surface area contributed by atoms with E-state index in [1.165, 1.54) is 26.0 Å². The lowest BCUT2D eigenvalue weighted by Crippen LogP contribution is -2.33. The molecular formula is C20H22FN5O. The Morgan fingerprint density at radius 3 is 2.93 bits per heavy atom. The lowest BCUT2D eigenvalue weighted by molar-refractivity contribution is 0.392. The number of piperidine rings is 1. The highest BCUT2D eigenvalue weighted by Crippen LogP contribution is 2.29. The minimum Gasteiger partial charge on any atom is -0.497 e. The molecule has 1 saturated heterocycles. The van der Waals surface area contributed by atoms with Crippen molar-refractivity contribution in [3.8, 4) is 17.0 Å². The molecule has 0 unspecified atom stereocenters. The molecule has 27 heavy (non-hydrogen) atoms. The molecule has 1 atom stereocenters. The van der Waals surface area contributed by atoms with Crippen LogP contribution in [0.25, 0.3) is 22.3 Å². The fourth-order valence-electron chi connectivity index (χ4n) is 3.40. The van der Waals surface area contributed by atoms with E-state index in [1.54, 1.807) is 30.6 Å². The largest absolute Gasteiger partial charge is 0.497 e. The molecule has 0 radical (unpaired) electrons. The predicted molar refractivity (Wildman–Crippen MR) is 103 cm³/mol. The highest BCUT2D eigenvalue weighted by Gasteiger charge is 2.16. The fraction of sp³-hybridized carbons (Fsp3) is 0.350. The van der Waals surface area contributed by atoms with Gasteiger partial charge in [0.05, 0.1) is 18.3 Å². The van der Waals surface area contributed by atoms with E-state index in [4.69, 9.17) is 4.74 Å². The molecule has 7 heteroatoms. The zero-order valence-corrected chi connectivity index (χ0v) is 15.2. The Morgan fingerprint density at radius 2 is 2.15 bits per heavy atom. The van der Waals surface area contributed by atoms with E-state index < -0.39 is 0 Å². The van der Waals surface area contributed by atoms with Gasteiger partial charge in [-0.15, -0.1) is 0 Å². The minimum atomic E-state index is -0.382. The number of halogens is 1. The lowest BCUT2D eigenvalue weighted by atomic mass is 10.00. The van der Waals surface area contributed by atoms with Crippen LogP contribution in [0.1, 0.15) is 12.8 Å². The number of pyridine rings is 1. The van der Waals surface area contributed by atoms with Gasteiger partial charge in [0.15, 0.2) is 5.82 Å². The molecule has 4 rings (SSSR count). The summed E-state index contributed by atoms with van der Waals surface area (Å²) in [7, 11) is 1.51. The maximum absolute atomic E-state index is 14.5. The second-order valence-electron chi connectivity index (χ2n) is 6.72. The smallest absolute Gasteiger partial charge is 0.154 e. The van der Waals surface area contributed by atoms with Crippen molar-refractivity contribution in [1.29, 1.82) is 0 Å². The molecular weight excluding hydrogens is 345 g/mol. The van der Waals surface area contributed by atoms with Gasteiger partial charge in [-0.25, -0.2) is 14.4 Å². The zero-order valence-electron chi connectivity index (χ0n) is 15.2. The number of anilines is 1. The first kappa shape index (κ1) is 17.6. The van der Waals surface area contributed by atoms with E-state index in [0.717, 1.165) is 19.6 Å². The standard InChI is InChI=1S/C20H22FN5O/c1-27-14-4-5-15(16(21)9-14)17-10-18-19(24-8-7-23-18)20(26-17)25-12-13-3-2-6-22-11-13/h4-5,7-10,13,22H,2-3,6,11-12H2,1H3,(H,25,26)/t13-/m0/s1. The summed E-state index contributed by atoms with van der Waals surface area (Å²) >= 11 is 0. The summed E-state index contributed by atoms with van der Waals surface area (Å²) in [6.07, 6.45) is 5.63. The van der Waals surface area contributed by atoms with Crippen molar-refractivity contribution in [2.24, 2.45) is 5.92 Å². The van der Waals surface area contributed by atoms with Crippen LogP contribution in [0.5, 0.6) is 5.75 Å². The van der Waals surface area contributed by atoms with Crippen molar-refractivity contribution in [2.45, 2.75) is 12.8 Å². The quantitative estimate of drug-likeness (QED) is 0.721. The first-order valence-electron chi connectivity index (χ1n) is 9.15. The Morgan fingerprint density at radius 1 is 1.26 bits per heavy atom. The number of hydrogen-bond donors (Lipinski definition) is 2. The summed E-state index contributed by atoms with van der Waals surface area (Å²) in [5.74, 6) is 1.26. The van der Waals surface area contributed by atoms with Gasteiger partial charge in [-0.1, -0.05) is 0 Å². The molecule has 1 aliphatic heterocycles. The van der Waals surface area contributed by atoms with Crippen LogP contribution in [0.4, 0.5) is 10.2 Å². The Kier molecular flexibility index (Phi) is 5.11. The van der Waals surface area contributed by atoms with Crippen molar-refractivity contribution in [3.63, 3.8) is 0 Å². The van der Waals surface area contributed by atoms with Gasteiger partial charge in [-0.05, 0) is 50.0 Å². The van der Waals surface area contributed by atoms with Crippen LogP contribution in [0.15, 0.2) is 36.7 Å². The van der Waals surface area contributed by atoms with Gasteiger partial charge in [-0.2, -0.15) is 0 Å². The van der Waals surface area contributed by atoms with Gasteiger partial charge < -0.3 is 15.4 Å². The lowest BCUT2D eigenvalue weighted by Gasteiger charge is -2.23. The van der Waals surface area contributed by atoms with Crippen LogP contribution in [-0.2, 0) is 0 Å². The van der Waals surface area contributed by atoms with Crippen molar-refractivity contribution >= 4 is 16.9 Å². The molecule has 0 saturated carbocycles. The van der Waals surface area contributed by atoms with E-state index in [9.17, 15) is 4.39 Å². The molecule has 0 amide bonds. The molecule has 140 valence electrons. The highest BCUT2D eigenvalue weighted by atomic mass is 19.1. The first-order chi connectivity index (χ1) is 13.2. The van der Waals surface area contributed by atoms with Crippen LogP contribution in [0, 0.1) is 11.7 Å². The molecule has 1 aromatic carbocycles. The summed E-state index contributed by atoms with van der Waals surface area (Å²) in [5, 5.41) is 6.82. The minimum absolute atomic E-state index is 0.382. The number of fused-ring (bicyclic) bond motifs is 1. The third-order valence-corrected chi connectivity index (χ3v) is 4.87. The average molecular weight is 367 g/mol. The number of aromatic nitrogens is 3. The van der Waals surface area contributed by atoms with Crippen molar-refractivity contribution in [2.75, 3.05) is 32.1 Å². The molecule has 0 spiro atoms. The van der Waals surface area contributed by atoms with Gasteiger partial charge in [0, 0.05) is 30.6 Å². The molecule has 3 heterocycles. The number of ether oxygens (including phenoxy) is 1. The van der Waals surface area contributed by atoms with E-state index in [1.807, 2.05) is 0 Å². The molecule has 1 aliphatic rings. The van der Waals surface area contributed by atoms with Gasteiger partial charge in [0.1, 0.15) is 17.1 Å².